The molecule has 10 heteroatoms. The van der Waals surface area contributed by atoms with Crippen molar-refractivity contribution >= 4 is 30.6 Å². The summed E-state index contributed by atoms with van der Waals surface area (Å²) in [5.74, 6) is -0.445. The molecule has 7 nitrogen and oxygen atoms in total. The van der Waals surface area contributed by atoms with E-state index in [2.05, 4.69) is 15.6 Å². The molecule has 88 valence electrons. The third-order valence-corrected chi connectivity index (χ3v) is 6.07. The van der Waals surface area contributed by atoms with Crippen LogP contribution in [0.5, 0.6) is 0 Å². The van der Waals surface area contributed by atoms with Crippen molar-refractivity contribution in [2.75, 3.05) is 13.2 Å². The molecule has 2 unspecified atom stereocenters. The summed E-state index contributed by atoms with van der Waals surface area (Å²) in [5.41, 5.74) is 0.354. The highest BCUT2D eigenvalue weighted by Gasteiger charge is 2.13. The van der Waals surface area contributed by atoms with Crippen LogP contribution in [0.1, 0.15) is 6.92 Å². The smallest absolute Gasteiger partial charge is 0.343 e. The topological polar surface area (TPSA) is 78.4 Å². The van der Waals surface area contributed by atoms with Crippen molar-refractivity contribution in [2.45, 2.75) is 6.92 Å². The second-order valence-electron chi connectivity index (χ2n) is 2.90. The van der Waals surface area contributed by atoms with E-state index in [9.17, 15) is 4.79 Å². The lowest BCUT2D eigenvalue weighted by Gasteiger charge is -2.17. The van der Waals surface area contributed by atoms with Gasteiger partial charge in [-0.05, 0) is 6.92 Å². The molecule has 2 rings (SSSR count). The van der Waals surface area contributed by atoms with E-state index in [1.54, 1.807) is 11.2 Å². The van der Waals surface area contributed by atoms with Crippen LogP contribution in [0.25, 0.3) is 0 Å². The van der Waals surface area contributed by atoms with Gasteiger partial charge in [-0.1, -0.05) is 6.58 Å². The minimum absolute atomic E-state index is 0.354. The summed E-state index contributed by atoms with van der Waals surface area (Å²) < 4.78 is 19.3. The molecule has 0 bridgehead atoms. The Labute approximate surface area is 95.4 Å². The Balaban J connectivity index is 2.17. The number of fused-ring (bicyclic) bond motifs is 1. The minimum Gasteiger partial charge on any atom is -0.378 e. The summed E-state index contributed by atoms with van der Waals surface area (Å²) in [6.07, 6.45) is 0. The molecule has 1 aromatic heterocycles. The lowest BCUT2D eigenvalue weighted by molar-refractivity contribution is -0.126. The van der Waals surface area contributed by atoms with Crippen LogP contribution < -0.4 is 13.9 Å². The molecule has 0 radical (unpaired) electrons. The second kappa shape index (κ2) is 5.17. The Morgan fingerprint density at radius 3 is 3.25 bits per heavy atom. The largest absolute Gasteiger partial charge is 0.378 e. The van der Waals surface area contributed by atoms with E-state index in [0.717, 1.165) is 0 Å². The van der Waals surface area contributed by atoms with Crippen LogP contribution in [0.2, 0.25) is 0 Å². The summed E-state index contributed by atoms with van der Waals surface area (Å²) in [5, 5.41) is 0. The predicted molar refractivity (Wildman–Crippen MR) is 61.4 cm³/mol. The van der Waals surface area contributed by atoms with Crippen LogP contribution >= 0.6 is 24.7 Å². The predicted octanol–water partition coefficient (Wildman–Crippen LogP) is 1.29. The molecular weight excluding hydrogens is 271 g/mol. The number of carbonyl (C=O) groups is 1. The van der Waals surface area contributed by atoms with E-state index < -0.39 is 22.1 Å². The molecule has 2 heterocycles. The summed E-state index contributed by atoms with van der Waals surface area (Å²) in [7, 11) is -1.81. The first-order valence-electron chi connectivity index (χ1n) is 4.38. The summed E-state index contributed by atoms with van der Waals surface area (Å²) >= 11 is 0. The zero-order valence-corrected chi connectivity index (χ0v) is 11.2. The van der Waals surface area contributed by atoms with E-state index in [1.165, 1.54) is 0 Å². The van der Waals surface area contributed by atoms with E-state index in [4.69, 9.17) is 13.9 Å². The highest BCUT2D eigenvalue weighted by atomic mass is 31.2. The molecule has 0 aromatic carbocycles. The molecule has 1 aliphatic rings. The molecule has 0 spiro atoms. The summed E-state index contributed by atoms with van der Waals surface area (Å²) in [6.45, 7) is 6.15. The number of aromatic amines is 1. The molecular formula is C6H10N3O4P3. The fourth-order valence-electron chi connectivity index (χ4n) is 0.833. The molecule has 1 N–H and O–H groups in total. The average Bonchev–Trinajstić information content (AvgIpc) is 2.28. The number of hydrogen-bond acceptors (Lipinski definition) is 5. The first-order chi connectivity index (χ1) is 7.66. The Bertz CT molecular complexity index is 455. The van der Waals surface area contributed by atoms with Crippen molar-refractivity contribution in [3.05, 3.63) is 12.2 Å². The van der Waals surface area contributed by atoms with Gasteiger partial charge in [0.05, 0.1) is 6.61 Å². The number of nitrogens with one attached hydrogen (secondary N) is 1. The van der Waals surface area contributed by atoms with Crippen molar-refractivity contribution in [2.24, 2.45) is 0 Å². The number of aromatic nitrogens is 3. The Hall–Kier alpha value is -0.570. The molecule has 0 saturated heterocycles. The van der Waals surface area contributed by atoms with Crippen molar-refractivity contribution in [3.8, 4) is 0 Å². The Morgan fingerprint density at radius 1 is 1.69 bits per heavy atom. The van der Waals surface area contributed by atoms with Gasteiger partial charge in [0.25, 0.3) is 8.08 Å². The van der Waals surface area contributed by atoms with Crippen LogP contribution in [-0.4, -0.2) is 32.5 Å². The van der Waals surface area contributed by atoms with Crippen LogP contribution in [0.15, 0.2) is 12.2 Å². The van der Waals surface area contributed by atoms with Gasteiger partial charge in [0.1, 0.15) is 6.61 Å². The lowest BCUT2D eigenvalue weighted by atomic mass is 10.4. The second-order valence-corrected chi connectivity index (χ2v) is 7.17. The van der Waals surface area contributed by atoms with Crippen LogP contribution in [-0.2, 0) is 4.79 Å². The van der Waals surface area contributed by atoms with Gasteiger partial charge in [-0.15, -0.1) is 8.76 Å². The highest BCUT2D eigenvalue weighted by Crippen LogP contribution is 2.32. The van der Waals surface area contributed by atoms with Gasteiger partial charge in [0.15, 0.2) is 8.51 Å². The zero-order chi connectivity index (χ0) is 11.5. The van der Waals surface area contributed by atoms with E-state index in [-0.39, 0.29) is 0 Å². The van der Waals surface area contributed by atoms with Gasteiger partial charge in [-0.25, -0.2) is 4.79 Å². The number of nitrogens with zero attached hydrogens (tertiary/aromatic N) is 2. The molecule has 16 heavy (non-hydrogen) atoms. The first-order valence-corrected chi connectivity index (χ1v) is 7.61. The van der Waals surface area contributed by atoms with Crippen molar-refractivity contribution in [1.82, 2.24) is 13.3 Å². The van der Waals surface area contributed by atoms with Crippen molar-refractivity contribution in [3.63, 3.8) is 0 Å². The van der Waals surface area contributed by atoms with Crippen LogP contribution in [0.4, 0.5) is 0 Å². The molecule has 0 fully saturated rings. The maximum absolute atomic E-state index is 11.3. The van der Waals surface area contributed by atoms with Gasteiger partial charge in [-0.3, -0.25) is 9.35 Å². The number of H-pyrrole nitrogens is 1. The monoisotopic (exact) mass is 281 g/mol. The number of carbonyl (C=O) groups excluding carboxylic acids is 1. The Morgan fingerprint density at radius 2 is 2.50 bits per heavy atom. The SMILES string of the molecule is C=C(C)C(=O)Op1npn2p([nH]1)OCCO2. The van der Waals surface area contributed by atoms with Gasteiger partial charge in [-0.2, -0.15) is 0 Å². The van der Waals surface area contributed by atoms with Gasteiger partial charge in [0.2, 0.25) is 8.08 Å². The fraction of sp³-hybridized carbons (Fsp3) is 0.500. The van der Waals surface area contributed by atoms with Crippen molar-refractivity contribution in [1.29, 1.82) is 0 Å². The molecule has 0 amide bonds. The first kappa shape index (κ1) is 11.9. The third-order valence-electron chi connectivity index (χ3n) is 1.55. The summed E-state index contributed by atoms with van der Waals surface area (Å²) in [6, 6.07) is 0. The maximum Gasteiger partial charge on any atom is 0.343 e. The van der Waals surface area contributed by atoms with E-state index in [0.29, 0.717) is 27.3 Å². The average molecular weight is 281 g/mol. The van der Waals surface area contributed by atoms with Gasteiger partial charge in [0, 0.05) is 5.57 Å². The van der Waals surface area contributed by atoms with Gasteiger partial charge < -0.3 is 9.05 Å². The highest BCUT2D eigenvalue weighted by molar-refractivity contribution is 7.55. The molecule has 1 aliphatic heterocycles. The minimum atomic E-state index is -1.35. The van der Waals surface area contributed by atoms with Crippen molar-refractivity contribution < 1.29 is 18.7 Å². The molecule has 0 saturated carbocycles. The zero-order valence-electron chi connectivity index (χ0n) is 8.49. The van der Waals surface area contributed by atoms with Crippen LogP contribution in [0.3, 0.4) is 0 Å². The maximum atomic E-state index is 11.3. The quantitative estimate of drug-likeness (QED) is 0.826. The fourth-order valence-corrected chi connectivity index (χ4v) is 5.46. The third kappa shape index (κ3) is 2.76. The van der Waals surface area contributed by atoms with E-state index >= 15 is 0 Å². The number of rotatable bonds is 2. The van der Waals surface area contributed by atoms with Gasteiger partial charge >= 0.3 is 5.97 Å². The molecule has 2 atom stereocenters. The standard InChI is InChI=1S/C6H10N3O4P3/c1-5(2)6(10)13-15-7-14-9-11-3-4-12-16(9)8-15/h8H,1,3-4H2,2H3. The number of hydrogen-bond donors (Lipinski definition) is 1. The molecule has 0 aliphatic carbocycles. The van der Waals surface area contributed by atoms with Crippen LogP contribution in [0, 0.1) is 0 Å². The normalized spacial score (nSPS) is 16.8. The summed E-state index contributed by atoms with van der Waals surface area (Å²) in [4.78, 5) is 16.6. The lowest BCUT2D eigenvalue weighted by Crippen LogP contribution is -2.23. The van der Waals surface area contributed by atoms with E-state index in [1.807, 2.05) is 0 Å². The Kier molecular flexibility index (Phi) is 3.85. The molecule has 1 aromatic rings.